The van der Waals surface area contributed by atoms with Crippen LogP contribution in [0, 0.1) is 16.7 Å². The highest BCUT2D eigenvalue weighted by atomic mass is 16.7. The number of ether oxygens (including phenoxy) is 3. The number of hydrogen-bond acceptors (Lipinski definition) is 9. The fraction of sp³-hybridized carbons (Fsp3) is 0.875. The van der Waals surface area contributed by atoms with Crippen LogP contribution >= 0.6 is 0 Å². The molecule has 0 radical (unpaired) electrons. The second-order valence-corrected chi connectivity index (χ2v) is 11.4. The molecular weight excluding hydrogens is 478 g/mol. The molecule has 1 saturated carbocycles. The number of aliphatic carboxylic acids is 2. The topological polar surface area (TPSA) is 192 Å². The largest absolute Gasteiger partial charge is 0.481 e. The Morgan fingerprint density at radius 1 is 0.944 bits per heavy atom. The monoisotopic (exact) mass is 519 g/mol. The van der Waals surface area contributed by atoms with E-state index < -0.39 is 77.7 Å². The van der Waals surface area contributed by atoms with Gasteiger partial charge in [-0.05, 0) is 43.4 Å². The molecule has 0 aromatic carbocycles. The lowest BCUT2D eigenvalue weighted by Gasteiger charge is -2.42. The van der Waals surface area contributed by atoms with E-state index >= 15 is 0 Å². The molecule has 0 aromatic rings. The standard InChI is InChI=1S/C24H41NO11/c1-12-16(26)17(27)18(28)21(34-12)35-13-8-6-7-9-14(13)36-22(33)25-11-23(2,3)10-24(4,5)15(19(29)30)20(31)32/h12-18,21,26-28H,6-11H2,1-5H3,(H,25,33)(H,29,30)(H,31,32). The van der Waals surface area contributed by atoms with Gasteiger partial charge in [-0.25, -0.2) is 4.79 Å². The summed E-state index contributed by atoms with van der Waals surface area (Å²) in [6, 6.07) is 0. The maximum absolute atomic E-state index is 12.6. The summed E-state index contributed by atoms with van der Waals surface area (Å²) in [5.74, 6) is -4.42. The minimum absolute atomic E-state index is 0.117. The first-order valence-electron chi connectivity index (χ1n) is 12.3. The van der Waals surface area contributed by atoms with Crippen molar-refractivity contribution in [3.8, 4) is 0 Å². The van der Waals surface area contributed by atoms with Gasteiger partial charge in [0, 0.05) is 6.54 Å². The first-order chi connectivity index (χ1) is 16.6. The van der Waals surface area contributed by atoms with E-state index in [2.05, 4.69) is 5.32 Å². The predicted octanol–water partition coefficient (Wildman–Crippen LogP) is 1.10. The Labute approximate surface area is 210 Å². The molecule has 1 aliphatic heterocycles. The lowest BCUT2D eigenvalue weighted by atomic mass is 9.68. The van der Waals surface area contributed by atoms with Crippen LogP contribution < -0.4 is 5.32 Å². The molecule has 1 saturated heterocycles. The summed E-state index contributed by atoms with van der Waals surface area (Å²) in [4.78, 5) is 35.5. The number of amides is 1. The number of carbonyl (C=O) groups excluding carboxylic acids is 1. The predicted molar refractivity (Wildman–Crippen MR) is 125 cm³/mol. The van der Waals surface area contributed by atoms with Gasteiger partial charge in [0.15, 0.2) is 12.2 Å². The van der Waals surface area contributed by atoms with Crippen molar-refractivity contribution in [2.75, 3.05) is 6.54 Å². The number of hydrogen-bond donors (Lipinski definition) is 6. The molecule has 12 heteroatoms. The molecule has 7 unspecified atom stereocenters. The van der Waals surface area contributed by atoms with Gasteiger partial charge >= 0.3 is 18.0 Å². The zero-order chi connectivity index (χ0) is 27.4. The average molecular weight is 520 g/mol. The fourth-order valence-corrected chi connectivity index (χ4v) is 5.31. The number of aliphatic hydroxyl groups excluding tert-OH is 3. The first-order valence-corrected chi connectivity index (χ1v) is 12.3. The Bertz CT molecular complexity index is 772. The van der Waals surface area contributed by atoms with Gasteiger partial charge in [-0.3, -0.25) is 9.59 Å². The van der Waals surface area contributed by atoms with Gasteiger partial charge in [0.05, 0.1) is 12.2 Å². The number of rotatable bonds is 10. The van der Waals surface area contributed by atoms with Gasteiger partial charge in [-0.2, -0.15) is 0 Å². The van der Waals surface area contributed by atoms with E-state index in [1.54, 1.807) is 34.6 Å². The SMILES string of the molecule is CC1OC(OC2CCCCC2OC(=O)NCC(C)(C)CC(C)(C)C(C(=O)O)C(=O)O)C(O)C(O)C1O. The number of alkyl carbamates (subject to hydrolysis) is 1. The normalized spacial score (nSPS) is 31.6. The Balaban J connectivity index is 1.95. The van der Waals surface area contributed by atoms with E-state index in [0.29, 0.717) is 12.8 Å². The number of aliphatic hydroxyl groups is 3. The van der Waals surface area contributed by atoms with Crippen LogP contribution in [0.4, 0.5) is 4.79 Å². The summed E-state index contributed by atoms with van der Waals surface area (Å²) in [5.41, 5.74) is -1.72. The molecule has 1 amide bonds. The van der Waals surface area contributed by atoms with Gasteiger partial charge in [0.1, 0.15) is 24.4 Å². The molecule has 0 aromatic heterocycles. The van der Waals surface area contributed by atoms with E-state index in [-0.39, 0.29) is 13.0 Å². The lowest BCUT2D eigenvalue weighted by Crippen LogP contribution is -2.58. The number of carbonyl (C=O) groups is 3. The number of nitrogens with one attached hydrogen (secondary N) is 1. The van der Waals surface area contributed by atoms with Crippen molar-refractivity contribution in [2.24, 2.45) is 16.7 Å². The Kier molecular flexibility index (Phi) is 10.1. The second-order valence-electron chi connectivity index (χ2n) is 11.4. The maximum Gasteiger partial charge on any atom is 0.407 e. The summed E-state index contributed by atoms with van der Waals surface area (Å²) >= 11 is 0. The minimum Gasteiger partial charge on any atom is -0.481 e. The van der Waals surface area contributed by atoms with Crippen molar-refractivity contribution in [3.05, 3.63) is 0 Å². The number of carboxylic acids is 2. The molecule has 2 rings (SSSR count). The quantitative estimate of drug-likeness (QED) is 0.226. The van der Waals surface area contributed by atoms with Crippen LogP contribution in [0.25, 0.3) is 0 Å². The van der Waals surface area contributed by atoms with E-state index in [1.807, 2.05) is 0 Å². The third-order valence-corrected chi connectivity index (χ3v) is 6.94. The smallest absolute Gasteiger partial charge is 0.407 e. The molecule has 0 bridgehead atoms. The summed E-state index contributed by atoms with van der Waals surface area (Å²) in [6.07, 6.45) is -5.11. The van der Waals surface area contributed by atoms with Crippen LogP contribution in [-0.2, 0) is 23.8 Å². The highest BCUT2D eigenvalue weighted by Gasteiger charge is 2.46. The van der Waals surface area contributed by atoms with Crippen LogP contribution in [-0.4, -0.2) is 93.0 Å². The Morgan fingerprint density at radius 2 is 1.50 bits per heavy atom. The fourth-order valence-electron chi connectivity index (χ4n) is 5.31. The van der Waals surface area contributed by atoms with E-state index in [0.717, 1.165) is 12.8 Å². The zero-order valence-corrected chi connectivity index (χ0v) is 21.5. The number of carboxylic acid groups (broad SMARTS) is 2. The van der Waals surface area contributed by atoms with E-state index in [1.165, 1.54) is 0 Å². The van der Waals surface area contributed by atoms with Crippen LogP contribution in [0.3, 0.4) is 0 Å². The molecule has 12 nitrogen and oxygen atoms in total. The molecule has 7 atom stereocenters. The van der Waals surface area contributed by atoms with Crippen molar-refractivity contribution in [3.63, 3.8) is 0 Å². The van der Waals surface area contributed by atoms with Crippen LogP contribution in [0.15, 0.2) is 0 Å². The van der Waals surface area contributed by atoms with Gasteiger partial charge < -0.3 is 45.1 Å². The van der Waals surface area contributed by atoms with Crippen molar-refractivity contribution < 1.29 is 54.1 Å². The lowest BCUT2D eigenvalue weighted by molar-refractivity contribution is -0.311. The molecule has 208 valence electrons. The van der Waals surface area contributed by atoms with Crippen molar-refractivity contribution >= 4 is 18.0 Å². The average Bonchev–Trinajstić information content (AvgIpc) is 2.74. The highest BCUT2D eigenvalue weighted by molar-refractivity contribution is 5.93. The van der Waals surface area contributed by atoms with Crippen LogP contribution in [0.5, 0.6) is 0 Å². The van der Waals surface area contributed by atoms with Crippen molar-refractivity contribution in [2.45, 2.75) is 110 Å². The van der Waals surface area contributed by atoms with E-state index in [4.69, 9.17) is 14.2 Å². The highest BCUT2D eigenvalue weighted by Crippen LogP contribution is 2.39. The molecule has 1 heterocycles. The van der Waals surface area contributed by atoms with Gasteiger partial charge in [0.2, 0.25) is 0 Å². The second kappa shape index (κ2) is 12.0. The van der Waals surface area contributed by atoms with Crippen molar-refractivity contribution in [1.82, 2.24) is 5.32 Å². The van der Waals surface area contributed by atoms with Crippen LogP contribution in [0.2, 0.25) is 0 Å². The molecule has 1 aliphatic carbocycles. The molecule has 2 fully saturated rings. The van der Waals surface area contributed by atoms with Crippen molar-refractivity contribution in [1.29, 1.82) is 0 Å². The summed E-state index contributed by atoms with van der Waals surface area (Å²) in [6.45, 7) is 8.41. The third kappa shape index (κ3) is 7.75. The van der Waals surface area contributed by atoms with E-state index in [9.17, 15) is 39.9 Å². The molecular formula is C24H41NO11. The molecule has 36 heavy (non-hydrogen) atoms. The zero-order valence-electron chi connectivity index (χ0n) is 21.5. The summed E-state index contributed by atoms with van der Waals surface area (Å²) in [7, 11) is 0. The first kappa shape index (κ1) is 30.2. The maximum atomic E-state index is 12.6. The third-order valence-electron chi connectivity index (χ3n) is 6.94. The summed E-state index contributed by atoms with van der Waals surface area (Å²) < 4.78 is 17.0. The van der Waals surface area contributed by atoms with Crippen LogP contribution in [0.1, 0.15) is 66.7 Å². The molecule has 6 N–H and O–H groups in total. The molecule has 0 spiro atoms. The Morgan fingerprint density at radius 3 is 2.06 bits per heavy atom. The van der Waals surface area contributed by atoms with Gasteiger partial charge in [-0.15, -0.1) is 0 Å². The van der Waals surface area contributed by atoms with Gasteiger partial charge in [0.25, 0.3) is 0 Å². The van der Waals surface area contributed by atoms with Gasteiger partial charge in [-0.1, -0.05) is 34.1 Å². The minimum atomic E-state index is -1.59. The molecule has 2 aliphatic rings. The Hall–Kier alpha value is -1.99. The summed E-state index contributed by atoms with van der Waals surface area (Å²) in [5, 5.41) is 51.5.